The number of nitrogens with one attached hydrogen (secondary N) is 2. The lowest BCUT2D eigenvalue weighted by molar-refractivity contribution is -0.120. The maximum atomic E-state index is 12.3. The molecule has 0 aliphatic carbocycles. The maximum absolute atomic E-state index is 12.3. The highest BCUT2D eigenvalue weighted by Crippen LogP contribution is 2.36. The van der Waals surface area contributed by atoms with E-state index in [0.29, 0.717) is 11.3 Å². The maximum Gasteiger partial charge on any atom is 0.238 e. The molecule has 0 saturated heterocycles. The first kappa shape index (κ1) is 16.3. The molecule has 1 unspecified atom stereocenters. The minimum Gasteiger partial charge on any atom is -0.325 e. The number of rotatable bonds is 4. The van der Waals surface area contributed by atoms with E-state index in [1.165, 1.54) is 18.7 Å². The van der Waals surface area contributed by atoms with Crippen LogP contribution < -0.4 is 10.6 Å². The Hall–Kier alpha value is -2.60. The van der Waals surface area contributed by atoms with Crippen molar-refractivity contribution >= 4 is 40.7 Å². The van der Waals surface area contributed by atoms with E-state index in [1.807, 2.05) is 24.3 Å². The number of para-hydroxylation sites is 2. The minimum absolute atomic E-state index is 0.0388. The van der Waals surface area contributed by atoms with Crippen LogP contribution >= 0.6 is 11.8 Å². The van der Waals surface area contributed by atoms with Crippen molar-refractivity contribution in [1.82, 2.24) is 0 Å². The molecule has 0 radical (unpaired) electrons. The van der Waals surface area contributed by atoms with Gasteiger partial charge in [-0.1, -0.05) is 24.3 Å². The SMILES string of the molecule is CC(=O)c1ccccc1NC(=O)CC1Sc2ccccc2NC1=O. The van der Waals surface area contributed by atoms with E-state index in [1.54, 1.807) is 24.3 Å². The Labute approximate surface area is 143 Å². The molecule has 1 aliphatic rings. The van der Waals surface area contributed by atoms with Crippen LogP contribution in [0.2, 0.25) is 0 Å². The fourth-order valence-electron chi connectivity index (χ4n) is 2.50. The fraction of sp³-hybridized carbons (Fsp3) is 0.167. The molecule has 122 valence electrons. The second-order valence-electron chi connectivity index (χ2n) is 5.45. The van der Waals surface area contributed by atoms with Gasteiger partial charge in [0.1, 0.15) is 0 Å². The average Bonchev–Trinajstić information content (AvgIpc) is 2.55. The monoisotopic (exact) mass is 340 g/mol. The lowest BCUT2D eigenvalue weighted by Gasteiger charge is -2.23. The summed E-state index contributed by atoms with van der Waals surface area (Å²) in [6, 6.07) is 14.3. The summed E-state index contributed by atoms with van der Waals surface area (Å²) in [6.07, 6.45) is 0.0388. The number of anilines is 2. The molecule has 2 amide bonds. The van der Waals surface area contributed by atoms with Crippen LogP contribution in [0.5, 0.6) is 0 Å². The van der Waals surface area contributed by atoms with Gasteiger partial charge in [0.15, 0.2) is 5.78 Å². The van der Waals surface area contributed by atoms with Gasteiger partial charge in [0.2, 0.25) is 11.8 Å². The number of ketones is 1. The molecular weight excluding hydrogens is 324 g/mol. The molecule has 24 heavy (non-hydrogen) atoms. The van der Waals surface area contributed by atoms with Crippen LogP contribution in [-0.2, 0) is 9.59 Å². The molecule has 5 nitrogen and oxygen atoms in total. The molecule has 0 fully saturated rings. The Morgan fingerprint density at radius 3 is 2.62 bits per heavy atom. The van der Waals surface area contributed by atoms with E-state index in [4.69, 9.17) is 0 Å². The zero-order valence-electron chi connectivity index (χ0n) is 13.0. The first-order chi connectivity index (χ1) is 11.5. The van der Waals surface area contributed by atoms with Crippen LogP contribution in [0.15, 0.2) is 53.4 Å². The summed E-state index contributed by atoms with van der Waals surface area (Å²) in [5.41, 5.74) is 1.69. The summed E-state index contributed by atoms with van der Waals surface area (Å²) in [5, 5.41) is 5.05. The summed E-state index contributed by atoms with van der Waals surface area (Å²) in [7, 11) is 0. The van der Waals surface area contributed by atoms with Crippen LogP contribution in [0.3, 0.4) is 0 Å². The topological polar surface area (TPSA) is 75.3 Å². The second-order valence-corrected chi connectivity index (χ2v) is 6.69. The molecule has 6 heteroatoms. The first-order valence-electron chi connectivity index (χ1n) is 7.51. The van der Waals surface area contributed by atoms with Gasteiger partial charge < -0.3 is 10.6 Å². The lowest BCUT2D eigenvalue weighted by atomic mass is 10.1. The van der Waals surface area contributed by atoms with Crippen molar-refractivity contribution < 1.29 is 14.4 Å². The summed E-state index contributed by atoms with van der Waals surface area (Å²) in [5.74, 6) is -0.603. The third-order valence-electron chi connectivity index (χ3n) is 3.66. The summed E-state index contributed by atoms with van der Waals surface area (Å²) >= 11 is 1.37. The lowest BCUT2D eigenvalue weighted by Crippen LogP contribution is -2.32. The third-order valence-corrected chi connectivity index (χ3v) is 4.93. The van der Waals surface area contributed by atoms with Gasteiger partial charge in [0, 0.05) is 16.9 Å². The molecule has 1 atom stereocenters. The quantitative estimate of drug-likeness (QED) is 0.837. The van der Waals surface area contributed by atoms with Crippen LogP contribution in [0.1, 0.15) is 23.7 Å². The van der Waals surface area contributed by atoms with Crippen LogP contribution in [-0.4, -0.2) is 22.8 Å². The predicted molar refractivity (Wildman–Crippen MR) is 94.4 cm³/mol. The van der Waals surface area contributed by atoms with Crippen molar-refractivity contribution in [3.8, 4) is 0 Å². The smallest absolute Gasteiger partial charge is 0.238 e. The van der Waals surface area contributed by atoms with E-state index in [2.05, 4.69) is 10.6 Å². The Morgan fingerprint density at radius 1 is 1.12 bits per heavy atom. The number of carbonyl (C=O) groups excluding carboxylic acids is 3. The van der Waals surface area contributed by atoms with E-state index < -0.39 is 5.25 Å². The summed E-state index contributed by atoms with van der Waals surface area (Å²) < 4.78 is 0. The molecule has 1 heterocycles. The van der Waals surface area contributed by atoms with Gasteiger partial charge in [-0.3, -0.25) is 14.4 Å². The Morgan fingerprint density at radius 2 is 1.83 bits per heavy atom. The zero-order chi connectivity index (χ0) is 17.1. The molecular formula is C18H16N2O3S. The molecule has 3 rings (SSSR count). The fourth-order valence-corrected chi connectivity index (χ4v) is 3.61. The van der Waals surface area contributed by atoms with Crippen LogP contribution in [0.4, 0.5) is 11.4 Å². The predicted octanol–water partition coefficient (Wildman–Crippen LogP) is 3.33. The largest absolute Gasteiger partial charge is 0.325 e. The molecule has 0 aromatic heterocycles. The molecule has 0 saturated carbocycles. The highest BCUT2D eigenvalue weighted by molar-refractivity contribution is 8.01. The van der Waals surface area contributed by atoms with Gasteiger partial charge in [0.25, 0.3) is 0 Å². The van der Waals surface area contributed by atoms with E-state index in [0.717, 1.165) is 10.6 Å². The zero-order valence-corrected chi connectivity index (χ0v) is 13.9. The van der Waals surface area contributed by atoms with Gasteiger partial charge in [0.05, 0.1) is 16.6 Å². The van der Waals surface area contributed by atoms with Crippen molar-refractivity contribution in [1.29, 1.82) is 0 Å². The van der Waals surface area contributed by atoms with Crippen LogP contribution in [0.25, 0.3) is 0 Å². The number of amides is 2. The van der Waals surface area contributed by atoms with Crippen molar-refractivity contribution in [2.24, 2.45) is 0 Å². The van der Waals surface area contributed by atoms with Gasteiger partial charge in [-0.05, 0) is 31.2 Å². The van der Waals surface area contributed by atoms with Gasteiger partial charge in [-0.15, -0.1) is 11.8 Å². The van der Waals surface area contributed by atoms with Crippen LogP contribution in [0, 0.1) is 0 Å². The molecule has 2 N–H and O–H groups in total. The standard InChI is InChI=1S/C18H16N2O3S/c1-11(21)12-6-2-3-7-13(12)19-17(22)10-16-18(23)20-14-8-4-5-9-15(14)24-16/h2-9,16H,10H2,1H3,(H,19,22)(H,20,23). The Kier molecular flexibility index (Phi) is 4.66. The normalized spacial score (nSPS) is 16.0. The number of carbonyl (C=O) groups is 3. The molecule has 1 aliphatic heterocycles. The number of Topliss-reactive ketones (excluding diaryl/α,β-unsaturated/α-hetero) is 1. The van der Waals surface area contributed by atoms with Crippen molar-refractivity contribution in [3.05, 3.63) is 54.1 Å². The van der Waals surface area contributed by atoms with Gasteiger partial charge in [-0.25, -0.2) is 0 Å². The second kappa shape index (κ2) is 6.88. The summed E-state index contributed by atoms with van der Waals surface area (Å²) in [4.78, 5) is 37.0. The number of hydrogen-bond acceptors (Lipinski definition) is 4. The number of thioether (sulfide) groups is 1. The summed E-state index contributed by atoms with van der Waals surface area (Å²) in [6.45, 7) is 1.45. The molecule has 2 aromatic rings. The van der Waals surface area contributed by atoms with Gasteiger partial charge >= 0.3 is 0 Å². The number of benzene rings is 2. The highest BCUT2D eigenvalue weighted by Gasteiger charge is 2.29. The third kappa shape index (κ3) is 3.49. The van der Waals surface area contributed by atoms with E-state index >= 15 is 0 Å². The first-order valence-corrected chi connectivity index (χ1v) is 8.39. The molecule has 0 spiro atoms. The highest BCUT2D eigenvalue weighted by atomic mass is 32.2. The van der Waals surface area contributed by atoms with E-state index in [-0.39, 0.29) is 24.0 Å². The van der Waals surface area contributed by atoms with E-state index in [9.17, 15) is 14.4 Å². The van der Waals surface area contributed by atoms with Crippen molar-refractivity contribution in [2.45, 2.75) is 23.5 Å². The number of hydrogen-bond donors (Lipinski definition) is 2. The van der Waals surface area contributed by atoms with Crippen molar-refractivity contribution in [2.75, 3.05) is 10.6 Å². The Balaban J connectivity index is 1.70. The molecule has 2 aromatic carbocycles. The van der Waals surface area contributed by atoms with Gasteiger partial charge in [-0.2, -0.15) is 0 Å². The molecule has 0 bridgehead atoms. The Bertz CT molecular complexity index is 819. The average molecular weight is 340 g/mol. The van der Waals surface area contributed by atoms with Crippen molar-refractivity contribution in [3.63, 3.8) is 0 Å². The number of fused-ring (bicyclic) bond motifs is 1. The minimum atomic E-state index is -0.496.